The smallest absolute Gasteiger partial charge is 0.308 e. The van der Waals surface area contributed by atoms with Crippen molar-refractivity contribution in [2.24, 2.45) is 17.6 Å². The predicted molar refractivity (Wildman–Crippen MR) is 101 cm³/mol. The van der Waals surface area contributed by atoms with Crippen LogP contribution >= 0.6 is 0 Å². The number of nitrogens with zero attached hydrogens (tertiary/aromatic N) is 1. The first-order valence-electron chi connectivity index (χ1n) is 8.89. The number of hydrogen-bond acceptors (Lipinski definition) is 3. The largest absolute Gasteiger partial charge is 0.481 e. The van der Waals surface area contributed by atoms with Crippen LogP contribution in [0, 0.1) is 11.8 Å². The zero-order valence-corrected chi connectivity index (χ0v) is 14.9. The highest BCUT2D eigenvalue weighted by molar-refractivity contribution is 5.95. The van der Waals surface area contributed by atoms with Crippen LogP contribution in [0.4, 0.5) is 0 Å². The number of carbonyl (C=O) groups excluding carboxylic acids is 1. The van der Waals surface area contributed by atoms with Gasteiger partial charge in [-0.2, -0.15) is 0 Å². The molecule has 3 rings (SSSR count). The Hall–Kier alpha value is -2.66. The van der Waals surface area contributed by atoms with Crippen LogP contribution in [0.3, 0.4) is 0 Å². The quantitative estimate of drug-likeness (QED) is 0.886. The number of aliphatic carboxylic acids is 1. The fourth-order valence-electron chi connectivity index (χ4n) is 3.54. The van der Waals surface area contributed by atoms with Crippen LogP contribution in [0.1, 0.15) is 29.3 Å². The minimum Gasteiger partial charge on any atom is -0.481 e. The molecule has 1 heterocycles. The van der Waals surface area contributed by atoms with Gasteiger partial charge in [0, 0.05) is 25.2 Å². The lowest BCUT2D eigenvalue weighted by Crippen LogP contribution is -2.45. The molecule has 0 aromatic heterocycles. The summed E-state index contributed by atoms with van der Waals surface area (Å²) in [4.78, 5) is 25.9. The van der Waals surface area contributed by atoms with Gasteiger partial charge in [-0.3, -0.25) is 9.59 Å². The van der Waals surface area contributed by atoms with E-state index >= 15 is 0 Å². The molecule has 2 aromatic carbocycles. The van der Waals surface area contributed by atoms with Crippen molar-refractivity contribution in [2.75, 3.05) is 13.1 Å². The minimum absolute atomic E-state index is 0.108. The van der Waals surface area contributed by atoms with Crippen LogP contribution in [-0.4, -0.2) is 35.0 Å². The topological polar surface area (TPSA) is 83.6 Å². The molecule has 136 valence electrons. The van der Waals surface area contributed by atoms with E-state index < -0.39 is 11.9 Å². The Morgan fingerprint density at radius 3 is 2.50 bits per heavy atom. The number of benzene rings is 2. The van der Waals surface area contributed by atoms with Gasteiger partial charge in [0.15, 0.2) is 0 Å². The normalized spacial score (nSPS) is 20.0. The molecule has 1 fully saturated rings. The van der Waals surface area contributed by atoms with Crippen molar-refractivity contribution in [1.82, 2.24) is 4.90 Å². The fraction of sp³-hybridized carbons (Fsp3) is 0.333. The van der Waals surface area contributed by atoms with Gasteiger partial charge in [0.25, 0.3) is 5.91 Å². The van der Waals surface area contributed by atoms with E-state index in [0.29, 0.717) is 25.1 Å². The van der Waals surface area contributed by atoms with Crippen molar-refractivity contribution < 1.29 is 14.7 Å². The van der Waals surface area contributed by atoms with Crippen molar-refractivity contribution >= 4 is 11.9 Å². The lowest BCUT2D eigenvalue weighted by molar-refractivity contribution is -0.143. The molecule has 0 radical (unpaired) electrons. The van der Waals surface area contributed by atoms with E-state index in [4.69, 9.17) is 5.73 Å². The Kier molecular flexibility index (Phi) is 5.38. The van der Waals surface area contributed by atoms with Gasteiger partial charge >= 0.3 is 5.97 Å². The van der Waals surface area contributed by atoms with E-state index in [-0.39, 0.29) is 18.4 Å². The van der Waals surface area contributed by atoms with Gasteiger partial charge in [-0.25, -0.2) is 0 Å². The minimum atomic E-state index is -0.830. The van der Waals surface area contributed by atoms with Crippen molar-refractivity contribution in [3.63, 3.8) is 0 Å². The zero-order valence-electron chi connectivity index (χ0n) is 14.9. The first kappa shape index (κ1) is 18.1. The van der Waals surface area contributed by atoms with Gasteiger partial charge in [0.1, 0.15) is 0 Å². The second kappa shape index (κ2) is 7.70. The number of carboxylic acid groups (broad SMARTS) is 1. The molecule has 1 aliphatic rings. The molecule has 2 unspecified atom stereocenters. The van der Waals surface area contributed by atoms with E-state index in [1.807, 2.05) is 49.4 Å². The summed E-state index contributed by atoms with van der Waals surface area (Å²) in [7, 11) is 0. The van der Waals surface area contributed by atoms with E-state index in [2.05, 4.69) is 0 Å². The van der Waals surface area contributed by atoms with E-state index in [1.165, 1.54) is 0 Å². The Bertz CT molecular complexity index is 801. The Morgan fingerprint density at radius 2 is 1.85 bits per heavy atom. The molecule has 1 saturated heterocycles. The highest BCUT2D eigenvalue weighted by Crippen LogP contribution is 2.25. The summed E-state index contributed by atoms with van der Waals surface area (Å²) in [6.07, 6.45) is 0.618. The van der Waals surface area contributed by atoms with Crippen LogP contribution in [0.25, 0.3) is 11.1 Å². The summed E-state index contributed by atoms with van der Waals surface area (Å²) in [5.74, 6) is -1.25. The average Bonchev–Trinajstić information content (AvgIpc) is 2.67. The molecule has 5 nitrogen and oxygen atoms in total. The molecule has 1 aliphatic heterocycles. The molecule has 0 bridgehead atoms. The number of carboxylic acids is 1. The summed E-state index contributed by atoms with van der Waals surface area (Å²) in [6.45, 7) is 3.35. The molecule has 2 atom stereocenters. The number of amides is 1. The summed E-state index contributed by atoms with van der Waals surface area (Å²) in [5, 5.41) is 9.31. The number of rotatable bonds is 4. The maximum atomic E-state index is 12.9. The number of hydrogen-bond donors (Lipinski definition) is 2. The number of piperidine rings is 1. The maximum absolute atomic E-state index is 12.9. The highest BCUT2D eigenvalue weighted by atomic mass is 16.4. The van der Waals surface area contributed by atoms with Gasteiger partial charge in [-0.05, 0) is 41.2 Å². The van der Waals surface area contributed by atoms with Gasteiger partial charge in [-0.1, -0.05) is 43.3 Å². The number of carbonyl (C=O) groups is 2. The van der Waals surface area contributed by atoms with E-state index in [0.717, 1.165) is 16.7 Å². The third kappa shape index (κ3) is 3.94. The molecule has 0 spiro atoms. The molecule has 3 N–H and O–H groups in total. The first-order valence-corrected chi connectivity index (χ1v) is 8.89. The third-order valence-electron chi connectivity index (χ3n) is 4.93. The molecule has 0 saturated carbocycles. The number of nitrogens with two attached hydrogens (primary N) is 1. The van der Waals surface area contributed by atoms with Crippen LogP contribution in [0.5, 0.6) is 0 Å². The molecule has 2 aromatic rings. The average molecular weight is 352 g/mol. The summed E-state index contributed by atoms with van der Waals surface area (Å²) in [5.41, 5.74) is 9.26. The monoisotopic (exact) mass is 352 g/mol. The predicted octanol–water partition coefficient (Wildman–Crippen LogP) is 3.00. The summed E-state index contributed by atoms with van der Waals surface area (Å²) in [6, 6.07) is 15.4. The van der Waals surface area contributed by atoms with Crippen LogP contribution < -0.4 is 5.73 Å². The van der Waals surface area contributed by atoms with Crippen LogP contribution in [0.2, 0.25) is 0 Å². The molecule has 5 heteroatoms. The van der Waals surface area contributed by atoms with Crippen molar-refractivity contribution in [2.45, 2.75) is 19.9 Å². The molecule has 26 heavy (non-hydrogen) atoms. The van der Waals surface area contributed by atoms with Crippen molar-refractivity contribution in [3.05, 3.63) is 59.7 Å². The summed E-state index contributed by atoms with van der Waals surface area (Å²) >= 11 is 0. The molecule has 1 amide bonds. The fourth-order valence-corrected chi connectivity index (χ4v) is 3.54. The van der Waals surface area contributed by atoms with Gasteiger partial charge in [0.05, 0.1) is 5.92 Å². The molecule has 0 aliphatic carbocycles. The second-order valence-corrected chi connectivity index (χ2v) is 7.07. The van der Waals surface area contributed by atoms with Crippen molar-refractivity contribution in [1.29, 1.82) is 0 Å². The van der Waals surface area contributed by atoms with E-state index in [1.54, 1.807) is 11.0 Å². The summed E-state index contributed by atoms with van der Waals surface area (Å²) < 4.78 is 0. The van der Waals surface area contributed by atoms with Crippen LogP contribution in [-0.2, 0) is 11.3 Å². The Balaban J connectivity index is 1.82. The lowest BCUT2D eigenvalue weighted by Gasteiger charge is -2.34. The third-order valence-corrected chi connectivity index (χ3v) is 4.93. The van der Waals surface area contributed by atoms with Crippen molar-refractivity contribution in [3.8, 4) is 11.1 Å². The van der Waals surface area contributed by atoms with Gasteiger partial charge in [0.2, 0.25) is 0 Å². The molecular formula is C21H24N2O3. The highest BCUT2D eigenvalue weighted by Gasteiger charge is 2.32. The second-order valence-electron chi connectivity index (χ2n) is 7.07. The number of likely N-dealkylation sites (tertiary alicyclic amines) is 1. The van der Waals surface area contributed by atoms with Crippen LogP contribution in [0.15, 0.2) is 48.5 Å². The maximum Gasteiger partial charge on any atom is 0.308 e. The SMILES string of the molecule is CC1CC(C(=O)O)CN(C(=O)c2cccc(-c3ccc(CN)cc3)c2)C1. The molecular weight excluding hydrogens is 328 g/mol. The van der Waals surface area contributed by atoms with E-state index in [9.17, 15) is 14.7 Å². The zero-order chi connectivity index (χ0) is 18.7. The lowest BCUT2D eigenvalue weighted by atomic mass is 9.90. The van der Waals surface area contributed by atoms with Gasteiger partial charge < -0.3 is 15.7 Å². The first-order chi connectivity index (χ1) is 12.5. The standard InChI is InChI=1S/C21H24N2O3/c1-14-9-19(21(25)26)13-23(12-14)20(24)18-4-2-3-17(10-18)16-7-5-15(11-22)6-8-16/h2-8,10,14,19H,9,11-13,22H2,1H3,(H,25,26). The Morgan fingerprint density at radius 1 is 1.12 bits per heavy atom. The Labute approximate surface area is 153 Å². The van der Waals surface area contributed by atoms with Gasteiger partial charge in [-0.15, -0.1) is 0 Å².